The average Bonchev–Trinajstić information content (AvgIpc) is 3.27. The zero-order valence-corrected chi connectivity index (χ0v) is 22.6. The van der Waals surface area contributed by atoms with Crippen molar-refractivity contribution in [2.45, 2.75) is 18.4 Å². The maximum Gasteiger partial charge on any atom is 0.254 e. The largest absolute Gasteiger partial charge is 0.485 e. The van der Waals surface area contributed by atoms with Crippen molar-refractivity contribution in [2.75, 3.05) is 11.9 Å². The summed E-state index contributed by atoms with van der Waals surface area (Å²) in [6.07, 6.45) is 2.38. The molecule has 204 valence electrons. The lowest BCUT2D eigenvalue weighted by atomic mass is 10.1. The van der Waals surface area contributed by atoms with Gasteiger partial charge in [0.25, 0.3) is 5.56 Å². The predicted molar refractivity (Wildman–Crippen MR) is 150 cm³/mol. The maximum absolute atomic E-state index is 15.3. The highest BCUT2D eigenvalue weighted by Crippen LogP contribution is 2.60. The van der Waals surface area contributed by atoms with E-state index >= 15 is 4.39 Å². The van der Waals surface area contributed by atoms with E-state index in [0.717, 1.165) is 17.8 Å². The number of hydrogen-bond acceptors (Lipinski definition) is 7. The molecule has 5 aromatic rings. The number of hydrogen-bond donors (Lipinski definition) is 2. The van der Waals surface area contributed by atoms with Crippen molar-refractivity contribution in [1.82, 2.24) is 34.5 Å². The Morgan fingerprint density at radius 1 is 1.12 bits per heavy atom. The lowest BCUT2D eigenvalue weighted by Crippen LogP contribution is -2.27. The Balaban J connectivity index is 1.19. The zero-order valence-electron chi connectivity index (χ0n) is 21.1. The number of halogens is 3. The smallest absolute Gasteiger partial charge is 0.254 e. The third-order valence-electron chi connectivity index (χ3n) is 7.71. The van der Waals surface area contributed by atoms with Crippen LogP contribution in [0.3, 0.4) is 0 Å². The molecular weight excluding hydrogens is 570 g/mol. The zero-order chi connectivity index (χ0) is 28.0. The summed E-state index contributed by atoms with van der Waals surface area (Å²) in [7, 11) is 0. The normalized spacial score (nSPS) is 20.2. The number of anilines is 1. The fourth-order valence-electron chi connectivity index (χ4n) is 5.82. The summed E-state index contributed by atoms with van der Waals surface area (Å²) >= 11 is 12.3. The highest BCUT2D eigenvalue weighted by Gasteiger charge is 2.55. The molecule has 2 aromatic carbocycles. The van der Waals surface area contributed by atoms with Gasteiger partial charge in [0.05, 0.1) is 29.3 Å². The Bertz CT molecular complexity index is 1980. The minimum absolute atomic E-state index is 0.0593. The number of H-pyrrole nitrogens is 1. The van der Waals surface area contributed by atoms with Crippen LogP contribution in [0, 0.1) is 11.9 Å². The van der Waals surface area contributed by atoms with E-state index in [-0.39, 0.29) is 28.2 Å². The first-order valence-electron chi connectivity index (χ1n) is 12.8. The van der Waals surface area contributed by atoms with Crippen molar-refractivity contribution in [3.63, 3.8) is 0 Å². The second-order valence-electron chi connectivity index (χ2n) is 10.3. The molecule has 0 amide bonds. The van der Waals surface area contributed by atoms with Crippen LogP contribution in [-0.4, -0.2) is 41.1 Å². The molecule has 3 unspecified atom stereocenters. The number of rotatable bonds is 4. The van der Waals surface area contributed by atoms with E-state index in [4.69, 9.17) is 32.9 Å². The maximum atomic E-state index is 15.3. The third kappa shape index (κ3) is 3.87. The first kappa shape index (κ1) is 24.3. The summed E-state index contributed by atoms with van der Waals surface area (Å²) < 4.78 is 24.1. The van der Waals surface area contributed by atoms with Crippen LogP contribution in [0.25, 0.3) is 28.2 Å². The highest BCUT2D eigenvalue weighted by molar-refractivity contribution is 6.31. The van der Waals surface area contributed by atoms with E-state index in [0.29, 0.717) is 51.5 Å². The molecule has 2 aliphatic heterocycles. The number of nitrogens with one attached hydrogen (secondary N) is 2. The molecule has 0 spiro atoms. The fraction of sp³-hybridized carbons (Fsp3) is 0.179. The Morgan fingerprint density at radius 3 is 2.83 bits per heavy atom. The molecule has 0 bridgehead atoms. The van der Waals surface area contributed by atoms with Crippen molar-refractivity contribution in [1.29, 1.82) is 0 Å². The van der Waals surface area contributed by atoms with Gasteiger partial charge < -0.3 is 15.0 Å². The second kappa shape index (κ2) is 8.76. The summed E-state index contributed by atoms with van der Waals surface area (Å²) in [6, 6.07) is 11.5. The minimum atomic E-state index is -0.577. The molecule has 1 saturated carbocycles. The van der Waals surface area contributed by atoms with Crippen LogP contribution in [0.15, 0.2) is 65.7 Å². The standard InChI is InChI=1S/C28H19Cl2FN8O2/c1-12-11-41-21-6-13(2-4-18(21)32-12)24-26(31)35-27(34-24)25-15-8-16(15)28-33-19(9-23(40)39(25)28)17-7-14(29)3-5-20(17)38-10-22(30)36-37-38/h2-7,9-10,15-16,25,32H,1,8,11H2,(H,34,35). The summed E-state index contributed by atoms with van der Waals surface area (Å²) in [4.78, 5) is 25.9. The van der Waals surface area contributed by atoms with E-state index in [2.05, 4.69) is 32.2 Å². The van der Waals surface area contributed by atoms with E-state index < -0.39 is 12.0 Å². The van der Waals surface area contributed by atoms with E-state index in [9.17, 15) is 4.79 Å². The van der Waals surface area contributed by atoms with Crippen molar-refractivity contribution in [2.24, 2.45) is 5.92 Å². The Labute approximate surface area is 241 Å². The fourth-order valence-corrected chi connectivity index (χ4v) is 6.12. The summed E-state index contributed by atoms with van der Waals surface area (Å²) in [6.45, 7) is 4.20. The number of ether oxygens (including phenoxy) is 1. The monoisotopic (exact) mass is 588 g/mol. The van der Waals surface area contributed by atoms with Crippen LogP contribution in [-0.2, 0) is 0 Å². The molecule has 1 fully saturated rings. The van der Waals surface area contributed by atoms with Gasteiger partial charge in [-0.15, -0.1) is 5.10 Å². The van der Waals surface area contributed by atoms with Gasteiger partial charge in [0.1, 0.15) is 29.7 Å². The lowest BCUT2D eigenvalue weighted by Gasteiger charge is -2.21. The molecule has 0 saturated heterocycles. The third-order valence-corrected chi connectivity index (χ3v) is 8.12. The van der Waals surface area contributed by atoms with Gasteiger partial charge >= 0.3 is 0 Å². The SMILES string of the molecule is C=C1COc2cc(-c3nc(C4C5CC5c5nc(-c6cc(Cl)ccc6-n6cc(Cl)nn6)cc(=O)n54)[nH]c3F)ccc2N1. The predicted octanol–water partition coefficient (Wildman–Crippen LogP) is 5.35. The van der Waals surface area contributed by atoms with Gasteiger partial charge in [0.15, 0.2) is 5.15 Å². The van der Waals surface area contributed by atoms with E-state index in [1.807, 2.05) is 0 Å². The van der Waals surface area contributed by atoms with Crippen LogP contribution in [0.5, 0.6) is 5.75 Å². The van der Waals surface area contributed by atoms with Gasteiger partial charge in [-0.3, -0.25) is 9.36 Å². The van der Waals surface area contributed by atoms with Crippen molar-refractivity contribution < 1.29 is 9.13 Å². The van der Waals surface area contributed by atoms with Crippen LogP contribution in [0.1, 0.15) is 30.0 Å². The lowest BCUT2D eigenvalue weighted by molar-refractivity contribution is 0.347. The van der Waals surface area contributed by atoms with Gasteiger partial charge in [-0.25, -0.2) is 14.6 Å². The number of imidazole rings is 1. The molecule has 5 heterocycles. The Kier molecular flexibility index (Phi) is 5.20. The summed E-state index contributed by atoms with van der Waals surface area (Å²) in [5.41, 5.74) is 3.65. The second-order valence-corrected chi connectivity index (χ2v) is 11.1. The van der Waals surface area contributed by atoms with E-state index in [1.165, 1.54) is 10.7 Å². The quantitative estimate of drug-likeness (QED) is 0.290. The number of fused-ring (bicyclic) bond motifs is 4. The van der Waals surface area contributed by atoms with Crippen LogP contribution >= 0.6 is 23.2 Å². The molecule has 41 heavy (non-hydrogen) atoms. The number of nitrogens with zero attached hydrogens (tertiary/aromatic N) is 6. The molecule has 8 rings (SSSR count). The van der Waals surface area contributed by atoms with Gasteiger partial charge in [0.2, 0.25) is 5.95 Å². The van der Waals surface area contributed by atoms with E-state index in [1.54, 1.807) is 47.2 Å². The van der Waals surface area contributed by atoms with Gasteiger partial charge in [0, 0.05) is 33.8 Å². The molecular formula is C28H19Cl2FN8O2. The average molecular weight is 589 g/mol. The molecule has 3 atom stereocenters. The van der Waals surface area contributed by atoms with Gasteiger partial charge in [-0.05, 0) is 42.7 Å². The first-order valence-corrected chi connectivity index (χ1v) is 13.6. The Morgan fingerprint density at radius 2 is 2.00 bits per heavy atom. The topological polar surface area (TPSA) is 116 Å². The highest BCUT2D eigenvalue weighted by atomic mass is 35.5. The van der Waals surface area contributed by atoms with Crippen LogP contribution in [0.4, 0.5) is 10.1 Å². The van der Waals surface area contributed by atoms with Gasteiger partial charge in [-0.1, -0.05) is 41.1 Å². The van der Waals surface area contributed by atoms with Crippen molar-refractivity contribution >= 4 is 28.9 Å². The molecule has 0 radical (unpaired) electrons. The molecule has 13 heteroatoms. The number of aromatic amines is 1. The molecule has 2 N–H and O–H groups in total. The summed E-state index contributed by atoms with van der Waals surface area (Å²) in [5, 5.41) is 11.8. The van der Waals surface area contributed by atoms with Crippen molar-refractivity contribution in [3.05, 3.63) is 99.1 Å². The van der Waals surface area contributed by atoms with Gasteiger partial charge in [-0.2, -0.15) is 4.39 Å². The number of benzene rings is 2. The molecule has 3 aromatic heterocycles. The molecule has 3 aliphatic rings. The molecule has 1 aliphatic carbocycles. The Hall–Kier alpha value is -4.48. The van der Waals surface area contributed by atoms with Crippen LogP contribution < -0.4 is 15.6 Å². The van der Waals surface area contributed by atoms with Crippen molar-refractivity contribution in [3.8, 4) is 34.0 Å². The first-order chi connectivity index (χ1) is 19.8. The molecule has 10 nitrogen and oxygen atoms in total. The summed E-state index contributed by atoms with van der Waals surface area (Å²) in [5.74, 6) is 1.17. The van der Waals surface area contributed by atoms with Crippen LogP contribution in [0.2, 0.25) is 10.2 Å². The number of aromatic nitrogens is 7. The minimum Gasteiger partial charge on any atom is -0.485 e.